The van der Waals surface area contributed by atoms with Gasteiger partial charge in [-0.25, -0.2) is 9.97 Å². The molecule has 3 nitrogen and oxygen atoms in total. The van der Waals surface area contributed by atoms with E-state index in [-0.39, 0.29) is 0 Å². The summed E-state index contributed by atoms with van der Waals surface area (Å²) in [5.41, 5.74) is 6.91. The molecule has 6 heteroatoms. The summed E-state index contributed by atoms with van der Waals surface area (Å²) < 4.78 is 1.86. The Morgan fingerprint density at radius 2 is 2.06 bits per heavy atom. The van der Waals surface area contributed by atoms with Gasteiger partial charge in [0.1, 0.15) is 5.82 Å². The molecule has 2 aromatic heterocycles. The highest BCUT2D eigenvalue weighted by molar-refractivity contribution is 9.11. The topological polar surface area (TPSA) is 51.8 Å². The molecule has 0 saturated heterocycles. The van der Waals surface area contributed by atoms with Crippen LogP contribution >= 0.6 is 43.2 Å². The molecule has 0 radical (unpaired) electrons. The smallest absolute Gasteiger partial charge is 0.171 e. The van der Waals surface area contributed by atoms with E-state index in [1.54, 1.807) is 11.3 Å². The Morgan fingerprint density at radius 1 is 1.33 bits per heavy atom. The molecule has 0 aliphatic carbocycles. The zero-order valence-electron chi connectivity index (χ0n) is 10.1. The van der Waals surface area contributed by atoms with E-state index in [2.05, 4.69) is 55.7 Å². The van der Waals surface area contributed by atoms with E-state index in [0.717, 1.165) is 25.9 Å². The highest BCUT2D eigenvalue weighted by Crippen LogP contribution is 2.31. The first kappa shape index (κ1) is 14.0. The molecule has 0 aliphatic heterocycles. The molecule has 0 fully saturated rings. The highest BCUT2D eigenvalue weighted by Gasteiger charge is 2.13. The van der Waals surface area contributed by atoms with Crippen molar-refractivity contribution in [3.05, 3.63) is 26.1 Å². The number of aromatic nitrogens is 2. The van der Waals surface area contributed by atoms with Gasteiger partial charge in [0.15, 0.2) is 5.82 Å². The van der Waals surface area contributed by atoms with E-state index < -0.39 is 0 Å². The summed E-state index contributed by atoms with van der Waals surface area (Å²) in [5, 5.41) is 2.01. The molecule has 2 rings (SSSR count). The summed E-state index contributed by atoms with van der Waals surface area (Å²) in [7, 11) is 0. The lowest BCUT2D eigenvalue weighted by Gasteiger charge is -2.09. The van der Waals surface area contributed by atoms with Gasteiger partial charge in [0.05, 0.1) is 15.0 Å². The zero-order valence-corrected chi connectivity index (χ0v) is 14.1. The summed E-state index contributed by atoms with van der Waals surface area (Å²) in [6, 6.07) is 2.01. The van der Waals surface area contributed by atoms with Crippen molar-refractivity contribution in [2.24, 2.45) is 5.92 Å². The molecule has 18 heavy (non-hydrogen) atoms. The Balaban J connectivity index is 2.46. The standard InChI is InChI=1S/C12H13Br2N3S/c1-6(2)3-8-10(14)11(15)17-12(16-8)9-4-7(13)5-18-9/h4-6H,3H2,1-2H3,(H2,15,16,17). The van der Waals surface area contributed by atoms with Crippen molar-refractivity contribution in [1.29, 1.82) is 0 Å². The van der Waals surface area contributed by atoms with Crippen molar-refractivity contribution in [3.8, 4) is 10.7 Å². The van der Waals surface area contributed by atoms with Gasteiger partial charge in [0, 0.05) is 9.85 Å². The summed E-state index contributed by atoms with van der Waals surface area (Å²) in [6.45, 7) is 4.32. The Hall–Kier alpha value is -0.460. The maximum atomic E-state index is 5.94. The number of thiophene rings is 1. The van der Waals surface area contributed by atoms with Crippen LogP contribution in [-0.2, 0) is 6.42 Å². The Bertz CT molecular complexity index is 566. The SMILES string of the molecule is CC(C)Cc1nc(-c2cc(Br)cs2)nc(N)c1Br. The van der Waals surface area contributed by atoms with Crippen LogP contribution in [0.3, 0.4) is 0 Å². The molecule has 0 saturated carbocycles. The van der Waals surface area contributed by atoms with E-state index in [1.807, 2.05) is 11.4 Å². The second-order valence-electron chi connectivity index (χ2n) is 4.42. The predicted molar refractivity (Wildman–Crippen MR) is 83.7 cm³/mol. The van der Waals surface area contributed by atoms with Crippen LogP contribution in [0.1, 0.15) is 19.5 Å². The third-order valence-electron chi connectivity index (χ3n) is 2.33. The molecule has 0 spiro atoms. The molecule has 0 aromatic carbocycles. The van der Waals surface area contributed by atoms with E-state index in [4.69, 9.17) is 5.73 Å². The quantitative estimate of drug-likeness (QED) is 0.838. The predicted octanol–water partition coefficient (Wildman–Crippen LogP) is 4.51. The minimum absolute atomic E-state index is 0.500. The molecule has 0 unspecified atom stereocenters. The van der Waals surface area contributed by atoms with Crippen molar-refractivity contribution >= 4 is 49.0 Å². The molecule has 0 aliphatic rings. The van der Waals surface area contributed by atoms with Gasteiger partial charge in [0.2, 0.25) is 0 Å². The zero-order chi connectivity index (χ0) is 13.3. The molecule has 96 valence electrons. The number of hydrogen-bond acceptors (Lipinski definition) is 4. The van der Waals surface area contributed by atoms with Crippen molar-refractivity contribution in [2.45, 2.75) is 20.3 Å². The highest BCUT2D eigenvalue weighted by atomic mass is 79.9. The fraction of sp³-hybridized carbons (Fsp3) is 0.333. The largest absolute Gasteiger partial charge is 0.383 e. The average Bonchev–Trinajstić information content (AvgIpc) is 2.70. The van der Waals surface area contributed by atoms with Crippen LogP contribution in [0.5, 0.6) is 0 Å². The maximum absolute atomic E-state index is 5.94. The van der Waals surface area contributed by atoms with Crippen LogP contribution in [-0.4, -0.2) is 9.97 Å². The van der Waals surface area contributed by atoms with E-state index in [1.165, 1.54) is 0 Å². The second-order valence-corrected chi connectivity index (χ2v) is 7.04. The van der Waals surface area contributed by atoms with E-state index in [9.17, 15) is 0 Å². The van der Waals surface area contributed by atoms with Gasteiger partial charge >= 0.3 is 0 Å². The number of halogens is 2. The van der Waals surface area contributed by atoms with Crippen molar-refractivity contribution in [1.82, 2.24) is 9.97 Å². The van der Waals surface area contributed by atoms with Crippen molar-refractivity contribution < 1.29 is 0 Å². The first-order valence-corrected chi connectivity index (χ1v) is 8.00. The molecular formula is C12H13Br2N3S. The van der Waals surface area contributed by atoms with Crippen molar-refractivity contribution in [3.63, 3.8) is 0 Å². The van der Waals surface area contributed by atoms with Gasteiger partial charge in [-0.15, -0.1) is 11.3 Å². The lowest BCUT2D eigenvalue weighted by molar-refractivity contribution is 0.633. The van der Waals surface area contributed by atoms with Crippen LogP contribution in [0.4, 0.5) is 5.82 Å². The molecule has 0 atom stereocenters. The first-order chi connectivity index (χ1) is 8.47. The molecule has 0 amide bonds. The fourth-order valence-electron chi connectivity index (χ4n) is 1.58. The fourth-order valence-corrected chi connectivity index (χ4v) is 3.27. The summed E-state index contributed by atoms with van der Waals surface area (Å²) in [5.74, 6) is 1.72. The number of nitrogens with zero attached hydrogens (tertiary/aromatic N) is 2. The van der Waals surface area contributed by atoms with Crippen LogP contribution in [0.2, 0.25) is 0 Å². The Kier molecular flexibility index (Phi) is 4.40. The van der Waals surface area contributed by atoms with Gasteiger partial charge in [-0.05, 0) is 50.3 Å². The maximum Gasteiger partial charge on any atom is 0.171 e. The van der Waals surface area contributed by atoms with E-state index in [0.29, 0.717) is 17.6 Å². The van der Waals surface area contributed by atoms with Gasteiger partial charge in [-0.2, -0.15) is 0 Å². The Morgan fingerprint density at radius 3 is 2.61 bits per heavy atom. The van der Waals surface area contributed by atoms with Gasteiger partial charge in [-0.1, -0.05) is 13.8 Å². The normalized spacial score (nSPS) is 11.2. The monoisotopic (exact) mass is 389 g/mol. The first-order valence-electron chi connectivity index (χ1n) is 5.53. The van der Waals surface area contributed by atoms with Crippen LogP contribution < -0.4 is 5.73 Å². The lowest BCUT2D eigenvalue weighted by atomic mass is 10.1. The lowest BCUT2D eigenvalue weighted by Crippen LogP contribution is -2.05. The number of hydrogen-bond donors (Lipinski definition) is 1. The number of nitrogens with two attached hydrogens (primary N) is 1. The summed E-state index contributed by atoms with van der Waals surface area (Å²) in [6.07, 6.45) is 0.882. The summed E-state index contributed by atoms with van der Waals surface area (Å²) >= 11 is 8.50. The Labute approximate surface area is 127 Å². The minimum atomic E-state index is 0.500. The number of nitrogen functional groups attached to an aromatic ring is 1. The molecular weight excluding hydrogens is 378 g/mol. The minimum Gasteiger partial charge on any atom is -0.383 e. The van der Waals surface area contributed by atoms with Crippen LogP contribution in [0.25, 0.3) is 10.7 Å². The van der Waals surface area contributed by atoms with Gasteiger partial charge < -0.3 is 5.73 Å². The summed E-state index contributed by atoms with van der Waals surface area (Å²) in [4.78, 5) is 9.96. The second kappa shape index (κ2) is 5.67. The van der Waals surface area contributed by atoms with Gasteiger partial charge in [-0.3, -0.25) is 0 Å². The molecule has 0 bridgehead atoms. The number of rotatable bonds is 3. The van der Waals surface area contributed by atoms with Crippen LogP contribution in [0.15, 0.2) is 20.4 Å². The molecule has 2 aromatic rings. The van der Waals surface area contributed by atoms with Crippen LogP contribution in [0, 0.1) is 5.92 Å². The molecule has 2 heterocycles. The van der Waals surface area contributed by atoms with Crippen molar-refractivity contribution in [2.75, 3.05) is 5.73 Å². The molecule has 2 N–H and O–H groups in total. The van der Waals surface area contributed by atoms with E-state index >= 15 is 0 Å². The average molecular weight is 391 g/mol. The number of anilines is 1. The third kappa shape index (κ3) is 3.10. The van der Waals surface area contributed by atoms with Gasteiger partial charge in [0.25, 0.3) is 0 Å². The third-order valence-corrected chi connectivity index (χ3v) is 4.89.